The summed E-state index contributed by atoms with van der Waals surface area (Å²) in [5.74, 6) is -1.12. The highest BCUT2D eigenvalue weighted by Crippen LogP contribution is 2.30. The van der Waals surface area contributed by atoms with Crippen LogP contribution >= 0.6 is 0 Å². The van der Waals surface area contributed by atoms with Crippen molar-refractivity contribution in [2.24, 2.45) is 5.16 Å². The summed E-state index contributed by atoms with van der Waals surface area (Å²) < 4.78 is 59.8. The fourth-order valence-electron chi connectivity index (χ4n) is 3.22. The topological polar surface area (TPSA) is 63.8 Å². The summed E-state index contributed by atoms with van der Waals surface area (Å²) in [6, 6.07) is 26.1. The number of hydrogen-bond donors (Lipinski definition) is 0. The first-order chi connectivity index (χ1) is 17.3. The van der Waals surface area contributed by atoms with Crippen molar-refractivity contribution in [3.05, 3.63) is 102 Å². The van der Waals surface area contributed by atoms with Gasteiger partial charge in [0.25, 0.3) is 0 Å². The smallest absolute Gasteiger partial charge is 0.442 e. The van der Waals surface area contributed by atoms with Gasteiger partial charge < -0.3 is 14.3 Å². The Morgan fingerprint density at radius 3 is 1.81 bits per heavy atom. The Morgan fingerprint density at radius 2 is 1.25 bits per heavy atom. The lowest BCUT2D eigenvalue weighted by Gasteiger charge is -2.11. The second kappa shape index (κ2) is 10.6. The van der Waals surface area contributed by atoms with Gasteiger partial charge in [0.15, 0.2) is 17.3 Å². The minimum atomic E-state index is -4.97. The van der Waals surface area contributed by atoms with Crippen LogP contribution in [-0.4, -0.2) is 12.8 Å². The van der Waals surface area contributed by atoms with E-state index in [2.05, 4.69) is 16.0 Å². The summed E-state index contributed by atoms with van der Waals surface area (Å²) in [6.45, 7) is 0. The lowest BCUT2D eigenvalue weighted by molar-refractivity contribution is -0.275. The molecule has 0 aliphatic carbocycles. The lowest BCUT2D eigenvalue weighted by Crippen LogP contribution is -2.17. The molecule has 4 aromatic carbocycles. The minimum absolute atomic E-state index is 0.370. The van der Waals surface area contributed by atoms with E-state index in [4.69, 9.17) is 14.8 Å². The van der Waals surface area contributed by atoms with Crippen LogP contribution in [0.4, 0.5) is 17.6 Å². The zero-order valence-corrected chi connectivity index (χ0v) is 18.4. The van der Waals surface area contributed by atoms with E-state index in [-0.39, 0.29) is 0 Å². The Bertz CT molecular complexity index is 1390. The molecule has 4 aromatic rings. The molecule has 0 amide bonds. The van der Waals surface area contributed by atoms with Gasteiger partial charge in [-0.05, 0) is 75.9 Å². The van der Waals surface area contributed by atoms with Crippen LogP contribution in [0.2, 0.25) is 0 Å². The molecule has 0 saturated heterocycles. The van der Waals surface area contributed by atoms with E-state index in [1.165, 1.54) is 6.07 Å². The largest absolute Gasteiger partial charge is 0.573 e. The van der Waals surface area contributed by atoms with Gasteiger partial charge in [-0.25, -0.2) is 4.39 Å². The van der Waals surface area contributed by atoms with Gasteiger partial charge in [0.1, 0.15) is 5.75 Å². The van der Waals surface area contributed by atoms with Gasteiger partial charge in [-0.1, -0.05) is 42.5 Å². The molecule has 0 aliphatic heterocycles. The number of ether oxygens (including phenoxy) is 2. The highest BCUT2D eigenvalue weighted by atomic mass is 19.4. The molecule has 5 nitrogen and oxygen atoms in total. The van der Waals surface area contributed by atoms with Gasteiger partial charge >= 0.3 is 6.36 Å². The Morgan fingerprint density at radius 1 is 0.722 bits per heavy atom. The van der Waals surface area contributed by atoms with Gasteiger partial charge in [0.2, 0.25) is 6.40 Å². The van der Waals surface area contributed by atoms with Crippen molar-refractivity contribution in [2.75, 3.05) is 0 Å². The molecule has 0 saturated carbocycles. The van der Waals surface area contributed by atoms with E-state index in [9.17, 15) is 17.6 Å². The second-order valence-corrected chi connectivity index (χ2v) is 7.35. The molecule has 0 aliphatic rings. The third-order valence-electron chi connectivity index (χ3n) is 4.94. The number of alkyl halides is 3. The summed E-state index contributed by atoms with van der Waals surface area (Å²) >= 11 is 0. The Hall–Kier alpha value is -4.84. The van der Waals surface area contributed by atoms with Gasteiger partial charge in [0.05, 0.1) is 11.6 Å². The van der Waals surface area contributed by atoms with Crippen molar-refractivity contribution >= 4 is 6.40 Å². The number of rotatable bonds is 7. The maximum absolute atomic E-state index is 13.9. The standard InChI is InChI=1S/C27H16F4N2O3/c28-25-15-22(9-14-26(25)35-27(29,30)31)21-5-10-23(11-6-21)34-17-33-36-24-12-7-20(8-13-24)19-3-1-18(16-32)2-4-19/h1-15,17H/b33-17-. The molecule has 0 heterocycles. The maximum Gasteiger partial charge on any atom is 0.573 e. The predicted octanol–water partition coefficient (Wildman–Crippen LogP) is 7.33. The van der Waals surface area contributed by atoms with Crippen molar-refractivity contribution in [3.63, 3.8) is 0 Å². The summed E-state index contributed by atoms with van der Waals surface area (Å²) in [7, 11) is 0. The summed E-state index contributed by atoms with van der Waals surface area (Å²) in [5, 5.41) is 12.6. The average molecular weight is 492 g/mol. The summed E-state index contributed by atoms with van der Waals surface area (Å²) in [5.41, 5.74) is 3.44. The van der Waals surface area contributed by atoms with Crippen molar-refractivity contribution in [1.29, 1.82) is 5.26 Å². The minimum Gasteiger partial charge on any atom is -0.442 e. The molecular formula is C27H16F4N2O3. The van der Waals surface area contributed by atoms with Crippen LogP contribution < -0.4 is 14.3 Å². The summed E-state index contributed by atoms with van der Waals surface area (Å²) in [6.07, 6.45) is -3.87. The number of nitriles is 1. The maximum atomic E-state index is 13.9. The Balaban J connectivity index is 1.31. The Kier molecular flexibility index (Phi) is 7.16. The molecular weight excluding hydrogens is 476 g/mol. The van der Waals surface area contributed by atoms with E-state index >= 15 is 0 Å². The quantitative estimate of drug-likeness (QED) is 0.117. The van der Waals surface area contributed by atoms with Crippen molar-refractivity contribution in [3.8, 4) is 45.6 Å². The molecule has 0 radical (unpaired) electrons. The average Bonchev–Trinajstić information content (AvgIpc) is 2.88. The molecule has 0 fully saturated rings. The van der Waals surface area contributed by atoms with Gasteiger partial charge in [0, 0.05) is 0 Å². The molecule has 0 spiro atoms. The molecule has 0 unspecified atom stereocenters. The summed E-state index contributed by atoms with van der Waals surface area (Å²) in [4.78, 5) is 5.27. The lowest BCUT2D eigenvalue weighted by atomic mass is 10.0. The molecule has 0 bridgehead atoms. The normalized spacial score (nSPS) is 11.2. The number of oxime groups is 1. The fourth-order valence-corrected chi connectivity index (χ4v) is 3.22. The van der Waals surface area contributed by atoms with Crippen molar-refractivity contribution < 1.29 is 31.9 Å². The number of halogens is 4. The third kappa shape index (κ3) is 6.39. The number of hydrogen-bond acceptors (Lipinski definition) is 5. The van der Waals surface area contributed by atoms with Crippen LogP contribution in [0.1, 0.15) is 5.56 Å². The Labute approximate surface area is 203 Å². The van der Waals surface area contributed by atoms with Crippen LogP contribution in [0.15, 0.2) is 96.2 Å². The number of nitrogens with zero attached hydrogens (tertiary/aromatic N) is 2. The first-order valence-corrected chi connectivity index (χ1v) is 10.4. The SMILES string of the molecule is N#Cc1ccc(-c2ccc(O/N=C\Oc3ccc(-c4ccc(OC(F)(F)F)c(F)c4)cc3)cc2)cc1. The monoisotopic (exact) mass is 492 g/mol. The molecule has 4 rings (SSSR count). The van der Waals surface area contributed by atoms with Crippen LogP contribution in [0.25, 0.3) is 22.3 Å². The highest BCUT2D eigenvalue weighted by Gasteiger charge is 2.32. The molecule has 0 N–H and O–H groups in total. The van der Waals surface area contributed by atoms with E-state index in [0.717, 1.165) is 29.7 Å². The highest BCUT2D eigenvalue weighted by molar-refractivity contribution is 5.66. The van der Waals surface area contributed by atoms with E-state index < -0.39 is 17.9 Å². The van der Waals surface area contributed by atoms with E-state index in [1.54, 1.807) is 48.5 Å². The molecule has 180 valence electrons. The molecule has 0 atom stereocenters. The van der Waals surface area contributed by atoms with E-state index in [0.29, 0.717) is 28.2 Å². The fraction of sp³-hybridized carbons (Fsp3) is 0.0370. The third-order valence-corrected chi connectivity index (χ3v) is 4.94. The zero-order chi connectivity index (χ0) is 25.5. The predicted molar refractivity (Wildman–Crippen MR) is 125 cm³/mol. The van der Waals surface area contributed by atoms with Crippen LogP contribution in [-0.2, 0) is 0 Å². The van der Waals surface area contributed by atoms with Crippen molar-refractivity contribution in [2.45, 2.75) is 6.36 Å². The second-order valence-electron chi connectivity index (χ2n) is 7.35. The van der Waals surface area contributed by atoms with Crippen LogP contribution in [0.5, 0.6) is 17.2 Å². The molecule has 36 heavy (non-hydrogen) atoms. The number of benzene rings is 4. The zero-order valence-electron chi connectivity index (χ0n) is 18.4. The van der Waals surface area contributed by atoms with Gasteiger partial charge in [-0.15, -0.1) is 13.2 Å². The van der Waals surface area contributed by atoms with Crippen molar-refractivity contribution in [1.82, 2.24) is 0 Å². The first-order valence-electron chi connectivity index (χ1n) is 10.4. The molecule has 0 aromatic heterocycles. The van der Waals surface area contributed by atoms with E-state index in [1.807, 2.05) is 24.3 Å². The van der Waals surface area contributed by atoms with Crippen LogP contribution in [0.3, 0.4) is 0 Å². The van der Waals surface area contributed by atoms with Gasteiger partial charge in [-0.2, -0.15) is 5.26 Å². The van der Waals surface area contributed by atoms with Crippen LogP contribution in [0, 0.1) is 17.1 Å². The first kappa shape index (κ1) is 24.3. The van der Waals surface area contributed by atoms with Gasteiger partial charge in [-0.3, -0.25) is 0 Å². The molecule has 9 heteroatoms.